The van der Waals surface area contributed by atoms with Crippen molar-refractivity contribution in [1.82, 2.24) is 10.6 Å². The summed E-state index contributed by atoms with van der Waals surface area (Å²) in [6.07, 6.45) is 0. The molecule has 0 aliphatic heterocycles. The van der Waals surface area contributed by atoms with Crippen LogP contribution in [0.1, 0.15) is 27.7 Å². The molecule has 0 aromatic carbocycles. The monoisotopic (exact) mass is 216 g/mol. The Kier molecular flexibility index (Phi) is 7.34. The summed E-state index contributed by atoms with van der Waals surface area (Å²) in [5, 5.41) is 5.89. The van der Waals surface area contributed by atoms with Crippen molar-refractivity contribution in [2.75, 3.05) is 20.3 Å². The Bertz CT molecular complexity index is 183. The average molecular weight is 216 g/mol. The molecular formula is C11H24N2O2. The van der Waals surface area contributed by atoms with Crippen LogP contribution in [-0.4, -0.2) is 38.3 Å². The third-order valence-corrected chi connectivity index (χ3v) is 2.41. The van der Waals surface area contributed by atoms with Crippen molar-refractivity contribution in [2.45, 2.75) is 39.8 Å². The van der Waals surface area contributed by atoms with E-state index in [1.54, 1.807) is 7.05 Å². The highest BCUT2D eigenvalue weighted by atomic mass is 16.5. The Morgan fingerprint density at radius 3 is 2.33 bits per heavy atom. The van der Waals surface area contributed by atoms with Gasteiger partial charge in [0.15, 0.2) is 0 Å². The zero-order valence-electron chi connectivity index (χ0n) is 10.5. The molecule has 0 bridgehead atoms. The van der Waals surface area contributed by atoms with E-state index < -0.39 is 0 Å². The quantitative estimate of drug-likeness (QED) is 0.661. The highest BCUT2D eigenvalue weighted by molar-refractivity contribution is 5.80. The minimum absolute atomic E-state index is 0.0112. The van der Waals surface area contributed by atoms with Crippen molar-refractivity contribution in [3.8, 4) is 0 Å². The molecule has 0 rings (SSSR count). The number of rotatable bonds is 7. The molecule has 4 nitrogen and oxygen atoms in total. The van der Waals surface area contributed by atoms with Crippen LogP contribution in [0.5, 0.6) is 0 Å². The van der Waals surface area contributed by atoms with E-state index in [1.165, 1.54) is 0 Å². The zero-order valence-corrected chi connectivity index (χ0v) is 10.5. The maximum Gasteiger partial charge on any atom is 0.236 e. The van der Waals surface area contributed by atoms with Crippen molar-refractivity contribution < 1.29 is 9.53 Å². The van der Waals surface area contributed by atoms with E-state index in [9.17, 15) is 4.79 Å². The molecule has 0 aliphatic carbocycles. The second-order valence-corrected chi connectivity index (χ2v) is 4.01. The fourth-order valence-corrected chi connectivity index (χ4v) is 1.29. The Morgan fingerprint density at radius 1 is 1.33 bits per heavy atom. The van der Waals surface area contributed by atoms with Gasteiger partial charge in [-0.2, -0.15) is 0 Å². The molecule has 0 aliphatic rings. The molecule has 2 N–H and O–H groups in total. The Balaban J connectivity index is 4.09. The lowest BCUT2D eigenvalue weighted by Crippen LogP contribution is -2.49. The van der Waals surface area contributed by atoms with E-state index in [4.69, 9.17) is 4.74 Å². The van der Waals surface area contributed by atoms with E-state index in [0.29, 0.717) is 19.1 Å². The van der Waals surface area contributed by atoms with Gasteiger partial charge in [0, 0.05) is 19.7 Å². The number of hydrogen-bond acceptors (Lipinski definition) is 3. The molecule has 0 heterocycles. The topological polar surface area (TPSA) is 50.4 Å². The lowest BCUT2D eigenvalue weighted by Gasteiger charge is -2.25. The van der Waals surface area contributed by atoms with Crippen LogP contribution >= 0.6 is 0 Å². The fourth-order valence-electron chi connectivity index (χ4n) is 1.29. The molecule has 0 saturated carbocycles. The number of nitrogens with one attached hydrogen (secondary N) is 2. The van der Waals surface area contributed by atoms with Crippen LogP contribution in [0.2, 0.25) is 0 Å². The van der Waals surface area contributed by atoms with Gasteiger partial charge in [0.2, 0.25) is 5.91 Å². The molecule has 2 unspecified atom stereocenters. The van der Waals surface area contributed by atoms with E-state index in [-0.39, 0.29) is 18.0 Å². The molecule has 0 radical (unpaired) electrons. The van der Waals surface area contributed by atoms with Gasteiger partial charge in [-0.05, 0) is 19.8 Å². The van der Waals surface area contributed by atoms with Crippen LogP contribution in [0, 0.1) is 5.92 Å². The molecule has 2 atom stereocenters. The second kappa shape index (κ2) is 7.65. The van der Waals surface area contributed by atoms with Crippen LogP contribution in [0.4, 0.5) is 0 Å². The van der Waals surface area contributed by atoms with Gasteiger partial charge in [-0.3, -0.25) is 4.79 Å². The van der Waals surface area contributed by atoms with Gasteiger partial charge in [0.05, 0.1) is 12.6 Å². The molecule has 0 spiro atoms. The van der Waals surface area contributed by atoms with E-state index in [2.05, 4.69) is 24.5 Å². The standard InChI is InChI=1S/C11H24N2O2/c1-6-15-7-10(8(2)3)13-9(4)11(14)12-5/h8-10,13H,6-7H2,1-5H3,(H,12,14). The van der Waals surface area contributed by atoms with Crippen molar-refractivity contribution in [1.29, 1.82) is 0 Å². The molecule has 15 heavy (non-hydrogen) atoms. The van der Waals surface area contributed by atoms with Gasteiger partial charge >= 0.3 is 0 Å². The largest absolute Gasteiger partial charge is 0.380 e. The molecular weight excluding hydrogens is 192 g/mol. The van der Waals surface area contributed by atoms with E-state index >= 15 is 0 Å². The predicted octanol–water partition coefficient (Wildman–Crippen LogP) is 0.772. The van der Waals surface area contributed by atoms with Gasteiger partial charge in [0.1, 0.15) is 0 Å². The number of ether oxygens (including phenoxy) is 1. The predicted molar refractivity (Wildman–Crippen MR) is 61.8 cm³/mol. The Morgan fingerprint density at radius 2 is 1.93 bits per heavy atom. The summed E-state index contributed by atoms with van der Waals surface area (Å²) in [6.45, 7) is 9.43. The van der Waals surface area contributed by atoms with E-state index in [1.807, 2.05) is 13.8 Å². The smallest absolute Gasteiger partial charge is 0.236 e. The van der Waals surface area contributed by atoms with Crippen LogP contribution in [-0.2, 0) is 9.53 Å². The number of carbonyl (C=O) groups excluding carboxylic acids is 1. The summed E-state index contributed by atoms with van der Waals surface area (Å²) < 4.78 is 5.38. The van der Waals surface area contributed by atoms with E-state index in [0.717, 1.165) is 0 Å². The SMILES string of the molecule is CCOCC(NC(C)C(=O)NC)C(C)C. The summed E-state index contributed by atoms with van der Waals surface area (Å²) in [5.74, 6) is 0.459. The lowest BCUT2D eigenvalue weighted by atomic mass is 10.0. The first-order valence-corrected chi connectivity index (χ1v) is 5.58. The molecule has 0 aromatic rings. The number of amides is 1. The maximum absolute atomic E-state index is 11.3. The van der Waals surface area contributed by atoms with Crippen molar-refractivity contribution in [3.05, 3.63) is 0 Å². The Labute approximate surface area is 92.8 Å². The molecule has 90 valence electrons. The van der Waals surface area contributed by atoms with Crippen molar-refractivity contribution in [2.24, 2.45) is 5.92 Å². The van der Waals surface area contributed by atoms with Crippen LogP contribution in [0.3, 0.4) is 0 Å². The first kappa shape index (κ1) is 14.4. The minimum Gasteiger partial charge on any atom is -0.380 e. The molecule has 0 fully saturated rings. The first-order valence-electron chi connectivity index (χ1n) is 5.58. The van der Waals surface area contributed by atoms with Gasteiger partial charge in [-0.25, -0.2) is 0 Å². The maximum atomic E-state index is 11.3. The average Bonchev–Trinajstić information content (AvgIpc) is 2.22. The summed E-state index contributed by atoms with van der Waals surface area (Å²) in [5.41, 5.74) is 0. The highest BCUT2D eigenvalue weighted by Gasteiger charge is 2.19. The first-order chi connectivity index (χ1) is 7.02. The van der Waals surface area contributed by atoms with Gasteiger partial charge in [-0.1, -0.05) is 13.8 Å². The van der Waals surface area contributed by atoms with Crippen molar-refractivity contribution >= 4 is 5.91 Å². The summed E-state index contributed by atoms with van der Waals surface area (Å²) in [7, 11) is 1.65. The normalized spacial score (nSPS) is 15.1. The zero-order chi connectivity index (χ0) is 11.8. The minimum atomic E-state index is -0.178. The summed E-state index contributed by atoms with van der Waals surface area (Å²) in [4.78, 5) is 11.3. The molecule has 0 aromatic heterocycles. The lowest BCUT2D eigenvalue weighted by molar-refractivity contribution is -0.122. The third kappa shape index (κ3) is 5.74. The molecule has 1 amide bonds. The van der Waals surface area contributed by atoms with Crippen molar-refractivity contribution in [3.63, 3.8) is 0 Å². The third-order valence-electron chi connectivity index (χ3n) is 2.41. The van der Waals surface area contributed by atoms with Gasteiger partial charge < -0.3 is 15.4 Å². The second-order valence-electron chi connectivity index (χ2n) is 4.01. The number of hydrogen-bond donors (Lipinski definition) is 2. The van der Waals surface area contributed by atoms with Gasteiger partial charge in [-0.15, -0.1) is 0 Å². The Hall–Kier alpha value is -0.610. The summed E-state index contributed by atoms with van der Waals surface area (Å²) in [6, 6.07) is 0.0418. The molecule has 4 heteroatoms. The number of likely N-dealkylation sites (N-methyl/N-ethyl adjacent to an activating group) is 1. The highest BCUT2D eigenvalue weighted by Crippen LogP contribution is 2.03. The number of carbonyl (C=O) groups is 1. The van der Waals surface area contributed by atoms with Gasteiger partial charge in [0.25, 0.3) is 0 Å². The fraction of sp³-hybridized carbons (Fsp3) is 0.909. The van der Waals surface area contributed by atoms with Crippen LogP contribution in [0.25, 0.3) is 0 Å². The van der Waals surface area contributed by atoms with Crippen LogP contribution in [0.15, 0.2) is 0 Å². The molecule has 0 saturated heterocycles. The summed E-state index contributed by atoms with van der Waals surface area (Å²) >= 11 is 0. The van der Waals surface area contributed by atoms with Crippen LogP contribution < -0.4 is 10.6 Å².